The first kappa shape index (κ1) is 20.8. The van der Waals surface area contributed by atoms with Crippen LogP contribution in [0.4, 0.5) is 5.95 Å². The maximum atomic E-state index is 10.1. The third-order valence-corrected chi connectivity index (χ3v) is 7.02. The number of nitrogens with zero attached hydrogens (tertiary/aromatic N) is 4. The summed E-state index contributed by atoms with van der Waals surface area (Å²) in [5.74, 6) is 0.731. The highest BCUT2D eigenvalue weighted by Gasteiger charge is 2.32. The molecule has 2 aromatic heterocycles. The second-order valence-corrected chi connectivity index (χ2v) is 9.47. The Kier molecular flexibility index (Phi) is 5.24. The fourth-order valence-corrected chi connectivity index (χ4v) is 5.18. The SMILES string of the molecule is Oc1cccc([C@H]2CC(c3cccs3)=NN2c2nc(-c3ccccc3)c3cc(Cl)ccc3n2)c1. The molecule has 1 aliphatic heterocycles. The highest BCUT2D eigenvalue weighted by Crippen LogP contribution is 2.39. The molecule has 1 atom stereocenters. The largest absolute Gasteiger partial charge is 0.508 e. The standard InChI is InChI=1S/C27H19ClN4OS/c28-19-11-12-22-21(15-19)26(17-6-2-1-3-7-17)30-27(29-22)32-24(18-8-4-9-20(33)14-18)16-23(31-32)25-10-5-13-34-25/h1-15,24,33H,16H2/t24-/m1/s1. The number of aromatic hydroxyl groups is 1. The predicted octanol–water partition coefficient (Wildman–Crippen LogP) is 7.07. The Labute approximate surface area is 205 Å². The minimum atomic E-state index is -0.141. The number of phenols is 1. The van der Waals surface area contributed by atoms with Crippen molar-refractivity contribution in [1.82, 2.24) is 9.97 Å². The van der Waals surface area contributed by atoms with Crippen molar-refractivity contribution in [2.75, 3.05) is 5.01 Å². The molecule has 0 bridgehead atoms. The number of thiophene rings is 1. The zero-order chi connectivity index (χ0) is 23.1. The van der Waals surface area contributed by atoms with Crippen LogP contribution in [0, 0.1) is 0 Å². The topological polar surface area (TPSA) is 61.6 Å². The Hall–Kier alpha value is -3.74. The van der Waals surface area contributed by atoms with Gasteiger partial charge in [-0.15, -0.1) is 11.3 Å². The maximum Gasteiger partial charge on any atom is 0.247 e. The molecule has 0 spiro atoms. The molecule has 0 saturated heterocycles. The second-order valence-electron chi connectivity index (χ2n) is 8.08. The highest BCUT2D eigenvalue weighted by atomic mass is 35.5. The Balaban J connectivity index is 1.55. The summed E-state index contributed by atoms with van der Waals surface area (Å²) in [4.78, 5) is 11.0. The van der Waals surface area contributed by atoms with Crippen LogP contribution in [0.3, 0.4) is 0 Å². The zero-order valence-electron chi connectivity index (χ0n) is 18.0. The van der Waals surface area contributed by atoms with Crippen molar-refractivity contribution in [2.45, 2.75) is 12.5 Å². The molecular formula is C27H19ClN4OS. The van der Waals surface area contributed by atoms with Crippen LogP contribution in [-0.2, 0) is 0 Å². The number of fused-ring (bicyclic) bond motifs is 1. The van der Waals surface area contributed by atoms with Gasteiger partial charge >= 0.3 is 0 Å². The third kappa shape index (κ3) is 3.81. The molecule has 3 heterocycles. The lowest BCUT2D eigenvalue weighted by atomic mass is 10.0. The lowest BCUT2D eigenvalue weighted by molar-refractivity contribution is 0.473. The van der Waals surface area contributed by atoms with Crippen molar-refractivity contribution in [1.29, 1.82) is 0 Å². The van der Waals surface area contributed by atoms with Gasteiger partial charge in [0.25, 0.3) is 0 Å². The number of hydrogen-bond acceptors (Lipinski definition) is 6. The highest BCUT2D eigenvalue weighted by molar-refractivity contribution is 7.12. The summed E-state index contributed by atoms with van der Waals surface area (Å²) in [5.41, 5.74) is 4.51. The fraction of sp³-hybridized carbons (Fsp3) is 0.0741. The van der Waals surface area contributed by atoms with E-state index in [-0.39, 0.29) is 11.8 Å². The number of hydrazone groups is 1. The van der Waals surface area contributed by atoms with E-state index >= 15 is 0 Å². The molecule has 166 valence electrons. The van der Waals surface area contributed by atoms with Gasteiger partial charge in [-0.2, -0.15) is 5.10 Å². The van der Waals surface area contributed by atoms with Crippen LogP contribution in [-0.4, -0.2) is 20.8 Å². The summed E-state index contributed by atoms with van der Waals surface area (Å²) in [5, 5.41) is 20.6. The molecule has 5 nitrogen and oxygen atoms in total. The number of phenolic OH excluding ortho intramolecular Hbond substituents is 1. The Morgan fingerprint density at radius 2 is 1.79 bits per heavy atom. The van der Waals surface area contributed by atoms with E-state index in [1.165, 1.54) is 0 Å². The average Bonchev–Trinajstić information content (AvgIpc) is 3.54. The van der Waals surface area contributed by atoms with Crippen LogP contribution in [0.25, 0.3) is 22.2 Å². The normalized spacial score (nSPS) is 15.6. The monoisotopic (exact) mass is 482 g/mol. The van der Waals surface area contributed by atoms with E-state index in [0.717, 1.165) is 38.3 Å². The van der Waals surface area contributed by atoms with E-state index in [9.17, 15) is 5.11 Å². The van der Waals surface area contributed by atoms with Crippen LogP contribution < -0.4 is 5.01 Å². The van der Waals surface area contributed by atoms with E-state index < -0.39 is 0 Å². The lowest BCUT2D eigenvalue weighted by Crippen LogP contribution is -2.21. The van der Waals surface area contributed by atoms with E-state index in [1.54, 1.807) is 23.5 Å². The van der Waals surface area contributed by atoms with Crippen LogP contribution in [0.5, 0.6) is 5.75 Å². The zero-order valence-corrected chi connectivity index (χ0v) is 19.5. The first-order valence-corrected chi connectivity index (χ1v) is 12.1. The first-order chi connectivity index (χ1) is 16.7. The molecule has 0 aliphatic carbocycles. The van der Waals surface area contributed by atoms with Gasteiger partial charge in [-0.1, -0.05) is 60.1 Å². The predicted molar refractivity (Wildman–Crippen MR) is 139 cm³/mol. The van der Waals surface area contributed by atoms with E-state index in [0.29, 0.717) is 17.4 Å². The molecule has 5 aromatic rings. The van der Waals surface area contributed by atoms with Crippen LogP contribution >= 0.6 is 22.9 Å². The Morgan fingerprint density at radius 1 is 0.912 bits per heavy atom. The van der Waals surface area contributed by atoms with Gasteiger partial charge in [-0.3, -0.25) is 0 Å². The van der Waals surface area contributed by atoms with Crippen LogP contribution in [0.1, 0.15) is 22.9 Å². The van der Waals surface area contributed by atoms with Crippen LogP contribution in [0.15, 0.2) is 95.4 Å². The van der Waals surface area contributed by atoms with Gasteiger partial charge in [0.15, 0.2) is 0 Å². The molecule has 0 radical (unpaired) electrons. The van der Waals surface area contributed by atoms with Crippen molar-refractivity contribution < 1.29 is 5.11 Å². The number of aromatic nitrogens is 2. The minimum Gasteiger partial charge on any atom is -0.508 e. The van der Waals surface area contributed by atoms with Gasteiger partial charge in [-0.25, -0.2) is 15.0 Å². The van der Waals surface area contributed by atoms with Crippen molar-refractivity contribution in [3.8, 4) is 17.0 Å². The molecule has 7 heteroatoms. The molecule has 6 rings (SSSR count). The fourth-order valence-electron chi connectivity index (χ4n) is 4.28. The number of benzene rings is 3. The lowest BCUT2D eigenvalue weighted by Gasteiger charge is -2.23. The summed E-state index contributed by atoms with van der Waals surface area (Å²) in [6.45, 7) is 0. The summed E-state index contributed by atoms with van der Waals surface area (Å²) in [6, 6.07) is 27.0. The van der Waals surface area contributed by atoms with Gasteiger partial charge in [0.2, 0.25) is 5.95 Å². The third-order valence-electron chi connectivity index (χ3n) is 5.87. The molecule has 1 aliphatic rings. The first-order valence-electron chi connectivity index (χ1n) is 10.9. The summed E-state index contributed by atoms with van der Waals surface area (Å²) >= 11 is 7.99. The van der Waals surface area contributed by atoms with Gasteiger partial charge < -0.3 is 5.11 Å². The molecular weight excluding hydrogens is 464 g/mol. The number of halogens is 1. The van der Waals surface area contributed by atoms with Crippen molar-refractivity contribution in [2.24, 2.45) is 5.10 Å². The molecule has 0 saturated carbocycles. The minimum absolute atomic E-state index is 0.141. The number of anilines is 1. The van der Waals surface area contributed by atoms with E-state index in [4.69, 9.17) is 26.7 Å². The number of hydrogen-bond donors (Lipinski definition) is 1. The average molecular weight is 483 g/mol. The quantitative estimate of drug-likeness (QED) is 0.297. The van der Waals surface area contributed by atoms with Crippen molar-refractivity contribution >= 4 is 45.5 Å². The Morgan fingerprint density at radius 3 is 2.59 bits per heavy atom. The van der Waals surface area contributed by atoms with E-state index in [1.807, 2.05) is 77.1 Å². The summed E-state index contributed by atoms with van der Waals surface area (Å²) in [6.07, 6.45) is 0.687. The van der Waals surface area contributed by atoms with Gasteiger partial charge in [0.05, 0.1) is 27.8 Å². The molecule has 0 amide bonds. The van der Waals surface area contributed by atoms with Crippen molar-refractivity contribution in [3.05, 3.63) is 106 Å². The molecule has 0 fully saturated rings. The van der Waals surface area contributed by atoms with Gasteiger partial charge in [-0.05, 0) is 47.3 Å². The molecule has 34 heavy (non-hydrogen) atoms. The summed E-state index contributed by atoms with van der Waals surface area (Å²) < 4.78 is 0. The van der Waals surface area contributed by atoms with Gasteiger partial charge in [0, 0.05) is 22.4 Å². The Bertz CT molecular complexity index is 1520. The molecule has 0 unspecified atom stereocenters. The summed E-state index contributed by atoms with van der Waals surface area (Å²) in [7, 11) is 0. The maximum absolute atomic E-state index is 10.1. The van der Waals surface area contributed by atoms with Gasteiger partial charge in [0.1, 0.15) is 5.75 Å². The van der Waals surface area contributed by atoms with Crippen molar-refractivity contribution in [3.63, 3.8) is 0 Å². The van der Waals surface area contributed by atoms with E-state index in [2.05, 4.69) is 6.07 Å². The smallest absolute Gasteiger partial charge is 0.247 e. The number of rotatable bonds is 4. The molecule has 3 aromatic carbocycles. The second kappa shape index (κ2) is 8.56. The molecule has 1 N–H and O–H groups in total. The van der Waals surface area contributed by atoms with Crippen LogP contribution in [0.2, 0.25) is 5.02 Å².